The minimum Gasteiger partial charge on any atom is -0.394 e. The second-order valence-corrected chi connectivity index (χ2v) is 9.08. The van der Waals surface area contributed by atoms with Gasteiger partial charge in [0.2, 0.25) is 0 Å². The molecular weight excluding hydrogens is 381 g/mol. The van der Waals surface area contributed by atoms with Crippen LogP contribution in [0.15, 0.2) is 0 Å². The standard InChI is InChI=1S/C9H17FO10P2S/c10-5-2-16-8-4-18-22(15,23)19-7(1-11)6(12)3-17-21(13,14)20-9(5)8/h5-9,11-12H,1-4H2,(H,13,14)(H,15,23)/t5?,6-,7?,8-,9?,22?/m1/s1. The first-order valence-electron chi connectivity index (χ1n) is 6.49. The lowest BCUT2D eigenvalue weighted by Crippen LogP contribution is -2.38. The van der Waals surface area contributed by atoms with Gasteiger partial charge in [-0.2, -0.15) is 0 Å². The number of phosphoric acid groups is 1. The lowest BCUT2D eigenvalue weighted by Gasteiger charge is -2.29. The van der Waals surface area contributed by atoms with Gasteiger partial charge < -0.3 is 33.8 Å². The minimum absolute atomic E-state index is 0.407. The molecule has 14 heteroatoms. The van der Waals surface area contributed by atoms with E-state index in [2.05, 4.69) is 4.52 Å². The van der Waals surface area contributed by atoms with E-state index in [1.165, 1.54) is 0 Å². The lowest BCUT2D eigenvalue weighted by molar-refractivity contribution is -0.0540. The minimum atomic E-state index is -4.70. The van der Waals surface area contributed by atoms with Crippen molar-refractivity contribution in [2.24, 2.45) is 0 Å². The predicted octanol–water partition coefficient (Wildman–Crippen LogP) is -0.789. The number of ether oxygens (including phenoxy) is 1. The summed E-state index contributed by atoms with van der Waals surface area (Å²) in [6.45, 7) is -6.32. The second kappa shape index (κ2) is 7.77. The highest BCUT2D eigenvalue weighted by Crippen LogP contribution is 2.50. The summed E-state index contributed by atoms with van der Waals surface area (Å²) in [6, 6.07) is 0. The molecule has 2 heterocycles. The van der Waals surface area contributed by atoms with Crippen LogP contribution in [0.4, 0.5) is 4.39 Å². The van der Waals surface area contributed by atoms with E-state index in [-0.39, 0.29) is 0 Å². The van der Waals surface area contributed by atoms with Crippen LogP contribution in [0.5, 0.6) is 0 Å². The Morgan fingerprint density at radius 2 is 1.87 bits per heavy atom. The fourth-order valence-electron chi connectivity index (χ4n) is 1.97. The van der Waals surface area contributed by atoms with Crippen molar-refractivity contribution >= 4 is 26.3 Å². The van der Waals surface area contributed by atoms with Gasteiger partial charge in [-0.3, -0.25) is 9.05 Å². The summed E-state index contributed by atoms with van der Waals surface area (Å²) in [4.78, 5) is 19.5. The predicted molar refractivity (Wildman–Crippen MR) is 75.7 cm³/mol. The van der Waals surface area contributed by atoms with Gasteiger partial charge >= 0.3 is 14.5 Å². The van der Waals surface area contributed by atoms with Crippen molar-refractivity contribution in [1.82, 2.24) is 0 Å². The van der Waals surface area contributed by atoms with Crippen molar-refractivity contribution in [3.63, 3.8) is 0 Å². The first kappa shape index (κ1) is 19.8. The van der Waals surface area contributed by atoms with E-state index in [0.717, 1.165) is 0 Å². The summed E-state index contributed by atoms with van der Waals surface area (Å²) < 4.78 is 49.7. The quantitative estimate of drug-likeness (QED) is 0.413. The Morgan fingerprint density at radius 1 is 1.17 bits per heavy atom. The Hall–Kier alpha value is 0.450. The van der Waals surface area contributed by atoms with Crippen molar-refractivity contribution in [2.45, 2.75) is 30.6 Å². The summed E-state index contributed by atoms with van der Waals surface area (Å²) in [7, 11) is -4.70. The van der Waals surface area contributed by atoms with Gasteiger partial charge in [0.05, 0.1) is 26.4 Å². The molecule has 23 heavy (non-hydrogen) atoms. The van der Waals surface area contributed by atoms with Gasteiger partial charge in [0.25, 0.3) is 0 Å². The van der Waals surface area contributed by atoms with Crippen LogP contribution in [0.25, 0.3) is 0 Å². The molecule has 0 spiro atoms. The smallest absolute Gasteiger partial charge is 0.394 e. The molecule has 4 N–H and O–H groups in total. The molecule has 0 bridgehead atoms. The summed E-state index contributed by atoms with van der Waals surface area (Å²) in [5.74, 6) is 0. The third-order valence-corrected chi connectivity index (χ3v) is 5.71. The highest BCUT2D eigenvalue weighted by molar-refractivity contribution is 8.07. The number of aliphatic hydroxyl groups is 2. The van der Waals surface area contributed by atoms with Crippen LogP contribution in [0.1, 0.15) is 0 Å². The molecule has 0 radical (unpaired) electrons. The Kier molecular flexibility index (Phi) is 6.68. The zero-order valence-corrected chi connectivity index (χ0v) is 14.2. The van der Waals surface area contributed by atoms with Crippen LogP contribution in [0.3, 0.4) is 0 Å². The number of phosphoric ester groups is 1. The first-order chi connectivity index (χ1) is 10.6. The van der Waals surface area contributed by atoms with Crippen LogP contribution >= 0.6 is 14.5 Å². The molecule has 0 saturated carbocycles. The fraction of sp³-hybridized carbons (Fsp3) is 1.00. The maximum atomic E-state index is 13.7. The SMILES string of the molecule is O=P1(O)OC[C@@H](O)C(CO)OP(O)(=S)OC[C@H]2OCC(F)C2O1. The van der Waals surface area contributed by atoms with Crippen LogP contribution in [0, 0.1) is 0 Å². The van der Waals surface area contributed by atoms with E-state index >= 15 is 0 Å². The van der Waals surface area contributed by atoms with Crippen LogP contribution < -0.4 is 0 Å². The van der Waals surface area contributed by atoms with Crippen molar-refractivity contribution in [3.8, 4) is 0 Å². The average Bonchev–Trinajstić information content (AvgIpc) is 2.80. The topological polar surface area (TPSA) is 144 Å². The second-order valence-electron chi connectivity index (χ2n) is 4.88. The fourth-order valence-corrected chi connectivity index (χ4v) is 4.41. The number of halogens is 1. The highest BCUT2D eigenvalue weighted by atomic mass is 32.5. The molecule has 0 amide bonds. The van der Waals surface area contributed by atoms with E-state index in [4.69, 9.17) is 35.2 Å². The highest BCUT2D eigenvalue weighted by Gasteiger charge is 2.45. The molecule has 0 aromatic rings. The molecule has 0 aliphatic carbocycles. The number of hydrogen-bond donors (Lipinski definition) is 4. The third kappa shape index (κ3) is 5.46. The number of rotatable bonds is 1. The van der Waals surface area contributed by atoms with Gasteiger partial charge in [-0.25, -0.2) is 8.96 Å². The zero-order valence-electron chi connectivity index (χ0n) is 11.6. The molecule has 10 nitrogen and oxygen atoms in total. The average molecular weight is 398 g/mol. The zero-order chi connectivity index (χ0) is 17.3. The van der Waals surface area contributed by atoms with E-state index in [9.17, 15) is 23.8 Å². The largest absolute Gasteiger partial charge is 0.472 e. The molecule has 2 aliphatic heterocycles. The molecule has 0 aromatic carbocycles. The molecule has 2 fully saturated rings. The Morgan fingerprint density at radius 3 is 2.52 bits per heavy atom. The molecule has 136 valence electrons. The van der Waals surface area contributed by atoms with Crippen molar-refractivity contribution in [3.05, 3.63) is 0 Å². The van der Waals surface area contributed by atoms with Crippen LogP contribution in [-0.4, -0.2) is 77.0 Å². The summed E-state index contributed by atoms with van der Waals surface area (Å²) >= 11 is 4.72. The number of fused-ring (bicyclic) bond motifs is 1. The Labute approximate surface area is 135 Å². The molecule has 5 unspecified atom stereocenters. The maximum absolute atomic E-state index is 13.7. The van der Waals surface area contributed by atoms with E-state index in [1.54, 1.807) is 0 Å². The molecular formula is C9H17FO10P2S. The maximum Gasteiger partial charge on any atom is 0.472 e. The van der Waals surface area contributed by atoms with Gasteiger partial charge in [0.1, 0.15) is 24.4 Å². The van der Waals surface area contributed by atoms with Gasteiger partial charge in [-0.15, -0.1) is 0 Å². The molecule has 7 atom stereocenters. The van der Waals surface area contributed by atoms with Gasteiger partial charge in [-0.1, -0.05) is 0 Å². The van der Waals surface area contributed by atoms with Crippen LogP contribution in [0.2, 0.25) is 0 Å². The first-order valence-corrected chi connectivity index (χ1v) is 10.6. The Balaban J connectivity index is 2.20. The number of hydrogen-bond acceptors (Lipinski definition) is 9. The summed E-state index contributed by atoms with van der Waals surface area (Å²) in [5, 5.41) is 18.9. The molecule has 0 aromatic heterocycles. The van der Waals surface area contributed by atoms with Gasteiger partial charge in [0, 0.05) is 0 Å². The number of alkyl halides is 1. The van der Waals surface area contributed by atoms with E-state index in [0.29, 0.717) is 0 Å². The molecule has 2 aliphatic rings. The van der Waals surface area contributed by atoms with Gasteiger partial charge in [-0.05, 0) is 11.8 Å². The van der Waals surface area contributed by atoms with E-state index in [1.807, 2.05) is 0 Å². The van der Waals surface area contributed by atoms with Crippen molar-refractivity contribution in [2.75, 3.05) is 26.4 Å². The summed E-state index contributed by atoms with van der Waals surface area (Å²) in [6.07, 6.45) is -7.35. The lowest BCUT2D eigenvalue weighted by atomic mass is 10.2. The van der Waals surface area contributed by atoms with E-state index < -0.39 is 71.6 Å². The summed E-state index contributed by atoms with van der Waals surface area (Å²) in [5.41, 5.74) is 0. The van der Waals surface area contributed by atoms with Gasteiger partial charge in [0.15, 0.2) is 6.17 Å². The molecule has 2 saturated heterocycles. The van der Waals surface area contributed by atoms with Crippen molar-refractivity contribution < 1.29 is 51.8 Å². The monoisotopic (exact) mass is 398 g/mol. The van der Waals surface area contributed by atoms with Crippen LogP contribution in [-0.2, 0) is 39.2 Å². The normalized spacial score (nSPS) is 49.9. The van der Waals surface area contributed by atoms with Crippen molar-refractivity contribution in [1.29, 1.82) is 0 Å². The number of aliphatic hydroxyl groups excluding tert-OH is 2. The third-order valence-electron chi connectivity index (χ3n) is 3.14. The Bertz CT molecular complexity index is 509. The molecule has 2 rings (SSSR count).